The Morgan fingerprint density at radius 2 is 2.11 bits per heavy atom. The molecule has 0 aliphatic heterocycles. The van der Waals surface area contributed by atoms with E-state index in [-0.39, 0.29) is 11.2 Å². The number of thioether (sulfide) groups is 1. The normalized spacial score (nSPS) is 12.2. The summed E-state index contributed by atoms with van der Waals surface area (Å²) >= 11 is 4.66. The molecule has 2 aromatic rings. The zero-order valence-corrected chi connectivity index (χ0v) is 12.8. The summed E-state index contributed by atoms with van der Waals surface area (Å²) in [6, 6.07) is 7.42. The van der Waals surface area contributed by atoms with Gasteiger partial charge in [0.25, 0.3) is 0 Å². The molecule has 0 bridgehead atoms. The molecule has 8 heteroatoms. The van der Waals surface area contributed by atoms with Crippen LogP contribution in [-0.4, -0.2) is 31.4 Å². The average molecular weight is 342 g/mol. The number of nitrogens with one attached hydrogen (secondary N) is 1. The van der Waals surface area contributed by atoms with Crippen LogP contribution in [0.1, 0.15) is 6.92 Å². The number of carbonyl (C=O) groups is 1. The molecular formula is C11H12BrN5OS. The fourth-order valence-electron chi connectivity index (χ4n) is 1.31. The molecule has 1 aromatic carbocycles. The number of benzene rings is 1. The van der Waals surface area contributed by atoms with Crippen LogP contribution in [0.3, 0.4) is 0 Å². The fraction of sp³-hybridized carbons (Fsp3) is 0.273. The van der Waals surface area contributed by atoms with Gasteiger partial charge in [-0.15, -0.1) is 5.10 Å². The number of nitrogens with zero attached hydrogens (tertiary/aromatic N) is 4. The van der Waals surface area contributed by atoms with Crippen LogP contribution in [0.25, 0.3) is 0 Å². The Hall–Kier alpha value is -1.41. The van der Waals surface area contributed by atoms with Gasteiger partial charge in [0.2, 0.25) is 11.1 Å². The molecule has 19 heavy (non-hydrogen) atoms. The lowest BCUT2D eigenvalue weighted by atomic mass is 10.3. The van der Waals surface area contributed by atoms with Gasteiger partial charge in [0, 0.05) is 17.2 Å². The van der Waals surface area contributed by atoms with Gasteiger partial charge in [0.05, 0.1) is 5.25 Å². The third kappa shape index (κ3) is 3.77. The van der Waals surface area contributed by atoms with Gasteiger partial charge in [-0.1, -0.05) is 27.7 Å². The number of anilines is 1. The standard InChI is InChI=1S/C11H12BrN5OS/c1-7(19-11-14-15-16-17(11)2)10(18)13-9-5-3-8(12)4-6-9/h3-7H,1-2H3,(H,13,18)/t7-/m1/s1. The molecule has 0 spiro atoms. The van der Waals surface area contributed by atoms with Crippen LogP contribution >= 0.6 is 27.7 Å². The lowest BCUT2D eigenvalue weighted by Gasteiger charge is -2.10. The average Bonchev–Trinajstić information content (AvgIpc) is 2.78. The maximum atomic E-state index is 12.0. The van der Waals surface area contributed by atoms with Gasteiger partial charge in [-0.3, -0.25) is 4.79 Å². The summed E-state index contributed by atoms with van der Waals surface area (Å²) in [5, 5.41) is 14.3. The Kier molecular flexibility index (Phi) is 4.54. The van der Waals surface area contributed by atoms with Crippen LogP contribution < -0.4 is 5.32 Å². The predicted octanol–water partition coefficient (Wildman–Crippen LogP) is 2.09. The van der Waals surface area contributed by atoms with Crippen molar-refractivity contribution in [2.75, 3.05) is 5.32 Å². The topological polar surface area (TPSA) is 72.7 Å². The second kappa shape index (κ2) is 6.16. The zero-order chi connectivity index (χ0) is 13.8. The van der Waals surface area contributed by atoms with Crippen LogP contribution in [0.4, 0.5) is 5.69 Å². The second-order valence-corrected chi connectivity index (χ2v) is 6.06. The van der Waals surface area contributed by atoms with Crippen LogP contribution in [0, 0.1) is 0 Å². The van der Waals surface area contributed by atoms with Gasteiger partial charge in [0.15, 0.2) is 0 Å². The van der Waals surface area contributed by atoms with Crippen molar-refractivity contribution in [3.05, 3.63) is 28.7 Å². The highest BCUT2D eigenvalue weighted by Gasteiger charge is 2.17. The number of aryl methyl sites for hydroxylation is 1. The van der Waals surface area contributed by atoms with Gasteiger partial charge < -0.3 is 5.32 Å². The summed E-state index contributed by atoms with van der Waals surface area (Å²) in [4.78, 5) is 12.0. The van der Waals surface area contributed by atoms with E-state index in [9.17, 15) is 4.79 Å². The van der Waals surface area contributed by atoms with Crippen molar-refractivity contribution in [2.24, 2.45) is 7.05 Å². The van der Waals surface area contributed by atoms with E-state index in [2.05, 4.69) is 36.8 Å². The van der Waals surface area contributed by atoms with E-state index in [4.69, 9.17) is 0 Å². The van der Waals surface area contributed by atoms with E-state index in [1.807, 2.05) is 31.2 Å². The molecular weight excluding hydrogens is 330 g/mol. The summed E-state index contributed by atoms with van der Waals surface area (Å²) < 4.78 is 2.51. The molecule has 0 saturated carbocycles. The van der Waals surface area contributed by atoms with Crippen molar-refractivity contribution in [1.29, 1.82) is 0 Å². The first-order chi connectivity index (χ1) is 9.06. The summed E-state index contributed by atoms with van der Waals surface area (Å²) in [6.45, 7) is 1.81. The monoisotopic (exact) mass is 341 g/mol. The lowest BCUT2D eigenvalue weighted by molar-refractivity contribution is -0.115. The molecule has 2 rings (SSSR count). The number of amides is 1. The number of halogens is 1. The van der Waals surface area contributed by atoms with Crippen LogP contribution in [0.5, 0.6) is 0 Å². The zero-order valence-electron chi connectivity index (χ0n) is 10.4. The first kappa shape index (κ1) is 14.0. The highest BCUT2D eigenvalue weighted by molar-refractivity contribution is 9.10. The van der Waals surface area contributed by atoms with Crippen LogP contribution in [0.2, 0.25) is 0 Å². The summed E-state index contributed by atoms with van der Waals surface area (Å²) in [5.41, 5.74) is 0.761. The summed E-state index contributed by atoms with van der Waals surface area (Å²) in [6.07, 6.45) is 0. The van der Waals surface area contributed by atoms with Crippen molar-refractivity contribution in [1.82, 2.24) is 20.2 Å². The maximum absolute atomic E-state index is 12.0. The van der Waals surface area contributed by atoms with E-state index in [1.54, 1.807) is 7.05 Å². The highest BCUT2D eigenvalue weighted by Crippen LogP contribution is 2.21. The minimum Gasteiger partial charge on any atom is -0.325 e. The van der Waals surface area contributed by atoms with Crippen molar-refractivity contribution in [2.45, 2.75) is 17.3 Å². The van der Waals surface area contributed by atoms with Crippen molar-refractivity contribution < 1.29 is 4.79 Å². The van der Waals surface area contributed by atoms with Crippen LogP contribution in [-0.2, 0) is 11.8 Å². The van der Waals surface area contributed by atoms with Gasteiger partial charge in [0.1, 0.15) is 0 Å². The Morgan fingerprint density at radius 1 is 1.42 bits per heavy atom. The number of aromatic nitrogens is 4. The quantitative estimate of drug-likeness (QED) is 0.862. The molecule has 1 atom stereocenters. The van der Waals surface area contributed by atoms with E-state index < -0.39 is 0 Å². The van der Waals surface area contributed by atoms with E-state index in [0.717, 1.165) is 10.2 Å². The van der Waals surface area contributed by atoms with Crippen molar-refractivity contribution >= 4 is 39.3 Å². The number of rotatable bonds is 4. The molecule has 1 heterocycles. The van der Waals surface area contributed by atoms with Gasteiger partial charge in [-0.2, -0.15) is 0 Å². The van der Waals surface area contributed by atoms with Crippen molar-refractivity contribution in [3.63, 3.8) is 0 Å². The molecule has 0 unspecified atom stereocenters. The summed E-state index contributed by atoms with van der Waals surface area (Å²) in [7, 11) is 1.74. The molecule has 6 nitrogen and oxygen atoms in total. The smallest absolute Gasteiger partial charge is 0.237 e. The lowest BCUT2D eigenvalue weighted by Crippen LogP contribution is -2.22. The highest BCUT2D eigenvalue weighted by atomic mass is 79.9. The largest absolute Gasteiger partial charge is 0.325 e. The molecule has 1 N–H and O–H groups in total. The second-order valence-electron chi connectivity index (χ2n) is 3.84. The van der Waals surface area contributed by atoms with Crippen LogP contribution in [0.15, 0.2) is 33.9 Å². The molecule has 1 amide bonds. The number of hydrogen-bond donors (Lipinski definition) is 1. The van der Waals surface area contributed by atoms with E-state index in [1.165, 1.54) is 16.4 Å². The number of tetrazole rings is 1. The van der Waals surface area contributed by atoms with E-state index >= 15 is 0 Å². The number of hydrogen-bond acceptors (Lipinski definition) is 5. The van der Waals surface area contributed by atoms with Crippen molar-refractivity contribution in [3.8, 4) is 0 Å². The minimum absolute atomic E-state index is 0.0877. The molecule has 0 saturated heterocycles. The van der Waals surface area contributed by atoms with E-state index in [0.29, 0.717) is 5.16 Å². The molecule has 0 aliphatic carbocycles. The Bertz CT molecular complexity index is 571. The molecule has 0 aliphatic rings. The Morgan fingerprint density at radius 3 is 2.68 bits per heavy atom. The fourth-order valence-corrected chi connectivity index (χ4v) is 2.33. The Balaban J connectivity index is 1.96. The minimum atomic E-state index is -0.284. The molecule has 0 fully saturated rings. The third-order valence-corrected chi connectivity index (χ3v) is 4.00. The maximum Gasteiger partial charge on any atom is 0.237 e. The first-order valence-corrected chi connectivity index (χ1v) is 7.19. The van der Waals surface area contributed by atoms with Gasteiger partial charge >= 0.3 is 0 Å². The first-order valence-electron chi connectivity index (χ1n) is 5.51. The SMILES string of the molecule is C[C@@H](Sc1nnnn1C)C(=O)Nc1ccc(Br)cc1. The van der Waals surface area contributed by atoms with Gasteiger partial charge in [-0.25, -0.2) is 4.68 Å². The molecule has 0 radical (unpaired) electrons. The summed E-state index contributed by atoms with van der Waals surface area (Å²) in [5.74, 6) is -0.0877. The van der Waals surface area contributed by atoms with Gasteiger partial charge in [-0.05, 0) is 41.6 Å². The molecule has 1 aromatic heterocycles. The Labute approximate surface area is 123 Å². The third-order valence-electron chi connectivity index (χ3n) is 2.34. The predicted molar refractivity (Wildman–Crippen MR) is 76.9 cm³/mol. The molecule has 100 valence electrons. The number of carbonyl (C=O) groups excluding carboxylic acids is 1.